The number of hydrogen-bond acceptors (Lipinski definition) is 3. The standard InChI is InChI=1S/C11H10N4S/c1-16-11-13-7-8-4-5-10(15(8)14-11)9-3-2-6-12-9/h2-7,12H,1H3. The van der Waals surface area contributed by atoms with Crippen molar-refractivity contribution in [2.75, 3.05) is 6.26 Å². The normalized spacial score (nSPS) is 11.1. The van der Waals surface area contributed by atoms with Crippen LogP contribution < -0.4 is 0 Å². The van der Waals surface area contributed by atoms with Gasteiger partial charge in [0.2, 0.25) is 5.16 Å². The van der Waals surface area contributed by atoms with Crippen molar-refractivity contribution in [1.29, 1.82) is 0 Å². The third-order valence-electron chi connectivity index (χ3n) is 2.43. The molecule has 0 spiro atoms. The van der Waals surface area contributed by atoms with Gasteiger partial charge in [0.25, 0.3) is 0 Å². The maximum Gasteiger partial charge on any atom is 0.207 e. The Morgan fingerprint density at radius 2 is 2.25 bits per heavy atom. The molecule has 4 nitrogen and oxygen atoms in total. The van der Waals surface area contributed by atoms with Crippen LogP contribution in [0.1, 0.15) is 0 Å². The number of H-pyrrole nitrogens is 1. The largest absolute Gasteiger partial charge is 0.360 e. The van der Waals surface area contributed by atoms with E-state index in [1.165, 1.54) is 11.8 Å². The van der Waals surface area contributed by atoms with Crippen molar-refractivity contribution in [2.24, 2.45) is 0 Å². The fourth-order valence-corrected chi connectivity index (χ4v) is 2.00. The van der Waals surface area contributed by atoms with E-state index < -0.39 is 0 Å². The highest BCUT2D eigenvalue weighted by Crippen LogP contribution is 2.20. The molecule has 3 heterocycles. The number of aromatic nitrogens is 4. The molecule has 3 aromatic rings. The summed E-state index contributed by atoms with van der Waals surface area (Å²) in [7, 11) is 0. The molecule has 3 aromatic heterocycles. The summed E-state index contributed by atoms with van der Waals surface area (Å²) in [6.07, 6.45) is 5.72. The minimum atomic E-state index is 0.775. The van der Waals surface area contributed by atoms with Crippen molar-refractivity contribution in [3.8, 4) is 11.4 Å². The van der Waals surface area contributed by atoms with Crippen LogP contribution in [0.15, 0.2) is 41.8 Å². The lowest BCUT2D eigenvalue weighted by atomic mass is 10.3. The van der Waals surface area contributed by atoms with E-state index in [0.717, 1.165) is 22.1 Å². The lowest BCUT2D eigenvalue weighted by Crippen LogP contribution is -1.97. The molecule has 0 aliphatic rings. The van der Waals surface area contributed by atoms with Crippen LogP contribution in [-0.4, -0.2) is 25.8 Å². The molecule has 0 saturated heterocycles. The maximum atomic E-state index is 4.46. The van der Waals surface area contributed by atoms with Crippen LogP contribution in [0.2, 0.25) is 0 Å². The van der Waals surface area contributed by atoms with Crippen molar-refractivity contribution < 1.29 is 0 Å². The van der Waals surface area contributed by atoms with Gasteiger partial charge in [-0.15, -0.1) is 5.10 Å². The Balaban J connectivity index is 2.25. The van der Waals surface area contributed by atoms with Gasteiger partial charge in [-0.05, 0) is 30.5 Å². The number of aromatic amines is 1. The van der Waals surface area contributed by atoms with E-state index >= 15 is 0 Å². The first-order valence-corrected chi connectivity index (χ1v) is 6.13. The smallest absolute Gasteiger partial charge is 0.207 e. The first-order valence-electron chi connectivity index (χ1n) is 4.91. The van der Waals surface area contributed by atoms with E-state index in [9.17, 15) is 0 Å². The third kappa shape index (κ3) is 1.40. The van der Waals surface area contributed by atoms with Gasteiger partial charge < -0.3 is 4.98 Å². The van der Waals surface area contributed by atoms with Crippen molar-refractivity contribution in [3.63, 3.8) is 0 Å². The zero-order chi connectivity index (χ0) is 11.0. The lowest BCUT2D eigenvalue weighted by Gasteiger charge is -2.01. The Kier molecular flexibility index (Phi) is 2.18. The SMILES string of the molecule is CSc1ncc2ccc(-c3ccc[nH]3)n2n1. The van der Waals surface area contributed by atoms with Gasteiger partial charge >= 0.3 is 0 Å². The van der Waals surface area contributed by atoms with Crippen molar-refractivity contribution >= 4 is 17.3 Å². The predicted octanol–water partition coefficient (Wildman–Crippen LogP) is 2.45. The third-order valence-corrected chi connectivity index (χ3v) is 2.99. The maximum absolute atomic E-state index is 4.46. The Hall–Kier alpha value is -1.75. The molecular formula is C11H10N4S. The summed E-state index contributed by atoms with van der Waals surface area (Å²) in [5.74, 6) is 0. The molecule has 0 atom stereocenters. The van der Waals surface area contributed by atoms with Crippen LogP contribution in [0, 0.1) is 0 Å². The Labute approximate surface area is 96.7 Å². The molecule has 16 heavy (non-hydrogen) atoms. The second-order valence-corrected chi connectivity index (χ2v) is 4.16. The number of thioether (sulfide) groups is 1. The van der Waals surface area contributed by atoms with E-state index in [0.29, 0.717) is 0 Å². The van der Waals surface area contributed by atoms with Crippen LogP contribution in [-0.2, 0) is 0 Å². The van der Waals surface area contributed by atoms with Gasteiger partial charge in [0, 0.05) is 6.20 Å². The molecule has 0 aliphatic heterocycles. The summed E-state index contributed by atoms with van der Waals surface area (Å²) >= 11 is 1.54. The molecular weight excluding hydrogens is 220 g/mol. The van der Waals surface area contributed by atoms with E-state index in [1.807, 2.05) is 47.4 Å². The molecule has 0 bridgehead atoms. The molecule has 0 aromatic carbocycles. The molecule has 0 aliphatic carbocycles. The second-order valence-electron chi connectivity index (χ2n) is 3.38. The van der Waals surface area contributed by atoms with Gasteiger partial charge in [-0.1, -0.05) is 11.8 Å². The summed E-state index contributed by atoms with van der Waals surface area (Å²) < 4.78 is 1.91. The zero-order valence-electron chi connectivity index (χ0n) is 8.71. The van der Waals surface area contributed by atoms with Gasteiger partial charge in [0.1, 0.15) is 0 Å². The van der Waals surface area contributed by atoms with Gasteiger partial charge in [-0.3, -0.25) is 0 Å². The molecule has 80 valence electrons. The van der Waals surface area contributed by atoms with Crippen molar-refractivity contribution in [2.45, 2.75) is 5.16 Å². The van der Waals surface area contributed by atoms with Crippen LogP contribution >= 0.6 is 11.8 Å². The Morgan fingerprint density at radius 3 is 3.00 bits per heavy atom. The lowest BCUT2D eigenvalue weighted by molar-refractivity contribution is 0.802. The number of rotatable bonds is 2. The summed E-state index contributed by atoms with van der Waals surface area (Å²) in [5, 5.41) is 5.23. The topological polar surface area (TPSA) is 46.0 Å². The minimum absolute atomic E-state index is 0.775. The van der Waals surface area contributed by atoms with E-state index in [-0.39, 0.29) is 0 Å². The molecule has 0 amide bonds. The first-order chi connectivity index (χ1) is 7.88. The van der Waals surface area contributed by atoms with Crippen LogP contribution in [0.4, 0.5) is 0 Å². The highest BCUT2D eigenvalue weighted by molar-refractivity contribution is 7.98. The number of fused-ring (bicyclic) bond motifs is 1. The van der Waals surface area contributed by atoms with Crippen molar-refractivity contribution in [1.82, 2.24) is 19.6 Å². The van der Waals surface area contributed by atoms with Gasteiger partial charge in [0.05, 0.1) is 23.1 Å². The van der Waals surface area contributed by atoms with E-state index in [2.05, 4.69) is 15.1 Å². The van der Waals surface area contributed by atoms with Crippen molar-refractivity contribution in [3.05, 3.63) is 36.7 Å². The molecule has 5 heteroatoms. The minimum Gasteiger partial charge on any atom is -0.360 e. The predicted molar refractivity (Wildman–Crippen MR) is 64.6 cm³/mol. The molecule has 0 fully saturated rings. The summed E-state index contributed by atoms with van der Waals surface area (Å²) in [6.45, 7) is 0. The summed E-state index contributed by atoms with van der Waals surface area (Å²) in [5.41, 5.74) is 3.12. The molecule has 3 rings (SSSR count). The zero-order valence-corrected chi connectivity index (χ0v) is 9.53. The summed E-state index contributed by atoms with van der Waals surface area (Å²) in [4.78, 5) is 7.42. The molecule has 0 unspecified atom stereocenters. The van der Waals surface area contributed by atoms with Gasteiger partial charge in [-0.2, -0.15) is 0 Å². The van der Waals surface area contributed by atoms with Crippen LogP contribution in [0.25, 0.3) is 16.9 Å². The Bertz CT molecular complexity index is 612. The average Bonchev–Trinajstić information content (AvgIpc) is 2.96. The second kappa shape index (κ2) is 3.68. The highest BCUT2D eigenvalue weighted by atomic mass is 32.2. The van der Waals surface area contributed by atoms with E-state index in [1.54, 1.807) is 0 Å². The fourth-order valence-electron chi connectivity index (χ4n) is 1.67. The van der Waals surface area contributed by atoms with Gasteiger partial charge in [0.15, 0.2) is 0 Å². The van der Waals surface area contributed by atoms with Crippen LogP contribution in [0.3, 0.4) is 0 Å². The Morgan fingerprint density at radius 1 is 1.31 bits per heavy atom. The van der Waals surface area contributed by atoms with Gasteiger partial charge in [-0.25, -0.2) is 9.50 Å². The molecule has 1 N–H and O–H groups in total. The average molecular weight is 230 g/mol. The number of nitrogens with one attached hydrogen (secondary N) is 1. The fraction of sp³-hybridized carbons (Fsp3) is 0.0909. The molecule has 0 saturated carbocycles. The van der Waals surface area contributed by atoms with Crippen LogP contribution in [0.5, 0.6) is 0 Å². The number of hydrogen-bond donors (Lipinski definition) is 1. The number of nitrogens with zero attached hydrogens (tertiary/aromatic N) is 3. The molecule has 0 radical (unpaired) electrons. The monoisotopic (exact) mass is 230 g/mol. The quantitative estimate of drug-likeness (QED) is 0.688. The summed E-state index contributed by atoms with van der Waals surface area (Å²) in [6, 6.07) is 8.06. The first kappa shape index (κ1) is 9.47. The highest BCUT2D eigenvalue weighted by Gasteiger charge is 2.07. The van der Waals surface area contributed by atoms with E-state index in [4.69, 9.17) is 0 Å².